The van der Waals surface area contributed by atoms with Gasteiger partial charge >= 0.3 is 0 Å². The van der Waals surface area contributed by atoms with Crippen molar-refractivity contribution in [1.82, 2.24) is 9.62 Å². The summed E-state index contributed by atoms with van der Waals surface area (Å²) in [7, 11) is -2.39. The number of nitrogens with one attached hydrogen (secondary N) is 1. The molecule has 0 bridgehead atoms. The van der Waals surface area contributed by atoms with Crippen LogP contribution in [0, 0.1) is 0 Å². The molecule has 0 saturated carbocycles. The van der Waals surface area contributed by atoms with Gasteiger partial charge in [-0.3, -0.25) is 4.79 Å². The Bertz CT molecular complexity index is 1200. The molecule has 1 N–H and O–H groups in total. The minimum absolute atomic E-state index is 0.0857. The van der Waals surface area contributed by atoms with Crippen molar-refractivity contribution in [2.45, 2.75) is 24.4 Å². The molecule has 0 aliphatic heterocycles. The number of sulfonamides is 1. The number of ether oxygens (including phenoxy) is 1. The average Bonchev–Trinajstić information content (AvgIpc) is 2.80. The van der Waals surface area contributed by atoms with E-state index < -0.39 is 15.9 Å². The monoisotopic (exact) mass is 506 g/mol. The summed E-state index contributed by atoms with van der Waals surface area (Å²) >= 11 is 12.2. The first-order valence-electron chi connectivity index (χ1n) is 10.1. The molecule has 3 rings (SSSR count). The average molecular weight is 507 g/mol. The van der Waals surface area contributed by atoms with Crippen molar-refractivity contribution in [1.29, 1.82) is 0 Å². The van der Waals surface area contributed by atoms with Crippen LogP contribution in [-0.2, 0) is 21.4 Å². The summed E-state index contributed by atoms with van der Waals surface area (Å²) < 4.78 is 32.9. The van der Waals surface area contributed by atoms with Crippen LogP contribution in [0.2, 0.25) is 10.0 Å². The van der Waals surface area contributed by atoms with E-state index in [2.05, 4.69) is 5.32 Å². The van der Waals surface area contributed by atoms with E-state index in [0.717, 1.165) is 9.87 Å². The molecule has 6 nitrogen and oxygen atoms in total. The number of methoxy groups -OCH3 is 1. The van der Waals surface area contributed by atoms with Gasteiger partial charge in [0.25, 0.3) is 0 Å². The third-order valence-electron chi connectivity index (χ3n) is 5.06. The Labute approximate surface area is 204 Å². The molecule has 0 saturated heterocycles. The maximum Gasteiger partial charge on any atom is 0.243 e. The second-order valence-electron chi connectivity index (χ2n) is 7.38. The van der Waals surface area contributed by atoms with Crippen LogP contribution in [0.1, 0.15) is 24.1 Å². The van der Waals surface area contributed by atoms with Gasteiger partial charge < -0.3 is 10.1 Å². The van der Waals surface area contributed by atoms with Gasteiger partial charge in [-0.05, 0) is 54.4 Å². The molecule has 1 amide bonds. The number of amides is 1. The number of benzene rings is 3. The van der Waals surface area contributed by atoms with Crippen molar-refractivity contribution in [2.75, 3.05) is 13.7 Å². The van der Waals surface area contributed by atoms with Crippen LogP contribution in [0.3, 0.4) is 0 Å². The van der Waals surface area contributed by atoms with Crippen LogP contribution in [0.4, 0.5) is 0 Å². The van der Waals surface area contributed by atoms with Gasteiger partial charge in [0.1, 0.15) is 5.75 Å². The molecule has 0 fully saturated rings. The molecule has 0 aliphatic rings. The predicted molar refractivity (Wildman–Crippen MR) is 130 cm³/mol. The zero-order valence-electron chi connectivity index (χ0n) is 18.2. The molecule has 0 unspecified atom stereocenters. The van der Waals surface area contributed by atoms with E-state index in [1.165, 1.54) is 18.2 Å². The van der Waals surface area contributed by atoms with E-state index in [1.54, 1.807) is 49.6 Å². The normalized spacial score (nSPS) is 12.4. The number of rotatable bonds is 9. The van der Waals surface area contributed by atoms with Gasteiger partial charge in [0.2, 0.25) is 15.9 Å². The van der Waals surface area contributed by atoms with Crippen molar-refractivity contribution < 1.29 is 17.9 Å². The second kappa shape index (κ2) is 11.0. The van der Waals surface area contributed by atoms with Crippen LogP contribution < -0.4 is 10.1 Å². The lowest BCUT2D eigenvalue weighted by molar-refractivity contribution is -0.122. The minimum atomic E-state index is -3.97. The molecule has 0 aliphatic carbocycles. The van der Waals surface area contributed by atoms with E-state index in [9.17, 15) is 13.2 Å². The minimum Gasteiger partial charge on any atom is -0.497 e. The van der Waals surface area contributed by atoms with Crippen molar-refractivity contribution in [2.24, 2.45) is 0 Å². The highest BCUT2D eigenvalue weighted by Gasteiger charge is 2.28. The first kappa shape index (κ1) is 25.1. The second-order valence-corrected chi connectivity index (χ2v) is 10.2. The van der Waals surface area contributed by atoms with E-state index in [0.29, 0.717) is 21.4 Å². The van der Waals surface area contributed by atoms with Crippen LogP contribution in [-0.4, -0.2) is 32.3 Å². The Morgan fingerprint density at radius 2 is 1.70 bits per heavy atom. The first-order chi connectivity index (χ1) is 15.7. The smallest absolute Gasteiger partial charge is 0.243 e. The highest BCUT2D eigenvalue weighted by molar-refractivity contribution is 7.89. The molecule has 0 spiro atoms. The number of hydrogen-bond acceptors (Lipinski definition) is 4. The van der Waals surface area contributed by atoms with Crippen molar-refractivity contribution >= 4 is 39.1 Å². The number of halogens is 2. The predicted octanol–water partition coefficient (Wildman–Crippen LogP) is 5.07. The van der Waals surface area contributed by atoms with Crippen molar-refractivity contribution in [3.05, 3.63) is 94.0 Å². The molecule has 3 aromatic rings. The number of hydrogen-bond donors (Lipinski definition) is 1. The molecule has 0 aromatic heterocycles. The number of carbonyl (C=O) groups excluding carboxylic acids is 1. The van der Waals surface area contributed by atoms with Crippen LogP contribution in [0.25, 0.3) is 0 Å². The highest BCUT2D eigenvalue weighted by Crippen LogP contribution is 2.25. The molecule has 0 radical (unpaired) electrons. The lowest BCUT2D eigenvalue weighted by atomic mass is 10.1. The SMILES string of the molecule is COc1ccc([C@H](C)NC(=O)CN(Cc2ccc(Cl)cc2Cl)S(=O)(=O)c2ccccc2)cc1. The third kappa shape index (κ3) is 6.48. The largest absolute Gasteiger partial charge is 0.497 e. The van der Waals surface area contributed by atoms with Gasteiger partial charge in [0, 0.05) is 16.6 Å². The van der Waals surface area contributed by atoms with Crippen LogP contribution in [0.15, 0.2) is 77.7 Å². The molecular formula is C24H24Cl2N2O4S. The Morgan fingerprint density at radius 3 is 2.30 bits per heavy atom. The number of nitrogens with zero attached hydrogens (tertiary/aromatic N) is 1. The van der Waals surface area contributed by atoms with Gasteiger partial charge in [0.15, 0.2) is 0 Å². The topological polar surface area (TPSA) is 75.7 Å². The zero-order valence-corrected chi connectivity index (χ0v) is 20.5. The maximum atomic E-state index is 13.3. The lowest BCUT2D eigenvalue weighted by Gasteiger charge is -2.24. The van der Waals surface area contributed by atoms with Gasteiger partial charge in [0.05, 0.1) is 24.6 Å². The Hall–Kier alpha value is -2.58. The van der Waals surface area contributed by atoms with E-state index >= 15 is 0 Å². The summed E-state index contributed by atoms with van der Waals surface area (Å²) in [5.41, 5.74) is 1.40. The van der Waals surface area contributed by atoms with Crippen LogP contribution >= 0.6 is 23.2 Å². The van der Waals surface area contributed by atoms with Crippen molar-refractivity contribution in [3.8, 4) is 5.75 Å². The molecule has 9 heteroatoms. The fraction of sp³-hybridized carbons (Fsp3) is 0.208. The van der Waals surface area contributed by atoms with Gasteiger partial charge in [-0.25, -0.2) is 8.42 Å². The lowest BCUT2D eigenvalue weighted by Crippen LogP contribution is -2.41. The molecule has 3 aromatic carbocycles. The summed E-state index contributed by atoms with van der Waals surface area (Å²) in [4.78, 5) is 13.0. The van der Waals surface area contributed by atoms with Gasteiger partial charge in [-0.15, -0.1) is 0 Å². The number of carbonyl (C=O) groups is 1. The summed E-state index contributed by atoms with van der Waals surface area (Å²) in [6, 6.07) is 19.7. The van der Waals surface area contributed by atoms with E-state index in [4.69, 9.17) is 27.9 Å². The molecule has 1 atom stereocenters. The van der Waals surface area contributed by atoms with E-state index in [1.807, 2.05) is 19.1 Å². The molecule has 0 heterocycles. The maximum absolute atomic E-state index is 13.3. The summed E-state index contributed by atoms with van der Waals surface area (Å²) in [6.45, 7) is 1.36. The third-order valence-corrected chi connectivity index (χ3v) is 7.45. The molecule has 174 valence electrons. The standard InChI is InChI=1S/C24H24Cl2N2O4S/c1-17(18-9-12-21(32-2)13-10-18)27-24(29)16-28(15-19-8-11-20(25)14-23(19)26)33(30,31)22-6-4-3-5-7-22/h3-14,17H,15-16H2,1-2H3,(H,27,29)/t17-/m0/s1. The fourth-order valence-corrected chi connectivity index (χ4v) is 5.09. The first-order valence-corrected chi connectivity index (χ1v) is 12.3. The highest BCUT2D eigenvalue weighted by atomic mass is 35.5. The van der Waals surface area contributed by atoms with Crippen molar-refractivity contribution in [3.63, 3.8) is 0 Å². The van der Waals surface area contributed by atoms with Gasteiger partial charge in [-0.1, -0.05) is 59.6 Å². The summed E-state index contributed by atoms with van der Waals surface area (Å²) in [5.74, 6) is 0.264. The quantitative estimate of drug-likeness (QED) is 0.439. The Kier molecular flexibility index (Phi) is 8.37. The zero-order chi connectivity index (χ0) is 24.0. The fourth-order valence-electron chi connectivity index (χ4n) is 3.23. The Morgan fingerprint density at radius 1 is 1.03 bits per heavy atom. The van der Waals surface area contributed by atoms with Crippen LogP contribution in [0.5, 0.6) is 5.75 Å². The Balaban J connectivity index is 1.83. The molecular weight excluding hydrogens is 483 g/mol. The van der Waals surface area contributed by atoms with Gasteiger partial charge in [-0.2, -0.15) is 4.31 Å². The molecule has 33 heavy (non-hydrogen) atoms. The summed E-state index contributed by atoms with van der Waals surface area (Å²) in [5, 5.41) is 3.62. The van der Waals surface area contributed by atoms with E-state index in [-0.39, 0.29) is 24.0 Å². The summed E-state index contributed by atoms with van der Waals surface area (Å²) in [6.07, 6.45) is 0.